The fourth-order valence-electron chi connectivity index (χ4n) is 1.02. The van der Waals surface area contributed by atoms with E-state index in [9.17, 15) is 24.0 Å². The molecule has 0 heterocycles. The SMILES string of the molecule is O=CC(=O)NCCCNCCC(=O)NC(=O)C=O. The summed E-state index contributed by atoms with van der Waals surface area (Å²) in [5.41, 5.74) is 0. The van der Waals surface area contributed by atoms with Crippen molar-refractivity contribution in [1.82, 2.24) is 16.0 Å². The molecule has 0 aliphatic heterocycles. The second-order valence-electron chi connectivity index (χ2n) is 3.29. The van der Waals surface area contributed by atoms with Crippen molar-refractivity contribution in [2.45, 2.75) is 12.8 Å². The van der Waals surface area contributed by atoms with Gasteiger partial charge >= 0.3 is 0 Å². The predicted octanol–water partition coefficient (Wildman–Crippen LogP) is -2.49. The number of hydrogen-bond acceptors (Lipinski definition) is 6. The molecule has 3 N–H and O–H groups in total. The van der Waals surface area contributed by atoms with Crippen LogP contribution in [0.25, 0.3) is 0 Å². The zero-order valence-corrected chi connectivity index (χ0v) is 9.73. The van der Waals surface area contributed by atoms with Gasteiger partial charge < -0.3 is 10.6 Å². The fourth-order valence-corrected chi connectivity index (χ4v) is 1.02. The maximum atomic E-state index is 11.0. The van der Waals surface area contributed by atoms with Crippen LogP contribution in [0, 0.1) is 0 Å². The monoisotopic (exact) mass is 257 g/mol. The molecule has 100 valence electrons. The Kier molecular flexibility index (Phi) is 8.92. The number of amides is 3. The van der Waals surface area contributed by atoms with Gasteiger partial charge in [-0.15, -0.1) is 0 Å². The van der Waals surface area contributed by atoms with E-state index in [-0.39, 0.29) is 19.0 Å². The first-order valence-electron chi connectivity index (χ1n) is 5.33. The molecule has 0 aliphatic carbocycles. The molecule has 0 atom stereocenters. The molecule has 0 fully saturated rings. The quantitative estimate of drug-likeness (QED) is 0.239. The number of carbonyl (C=O) groups is 5. The lowest BCUT2D eigenvalue weighted by Crippen LogP contribution is -2.34. The normalized spacial score (nSPS) is 9.33. The van der Waals surface area contributed by atoms with E-state index >= 15 is 0 Å². The minimum atomic E-state index is -0.962. The van der Waals surface area contributed by atoms with Crippen LogP contribution in [0.3, 0.4) is 0 Å². The van der Waals surface area contributed by atoms with Crippen molar-refractivity contribution < 1.29 is 24.0 Å². The second-order valence-corrected chi connectivity index (χ2v) is 3.29. The lowest BCUT2D eigenvalue weighted by atomic mass is 10.3. The molecule has 0 aromatic rings. The molecule has 0 spiro atoms. The Hall–Kier alpha value is -2.09. The van der Waals surface area contributed by atoms with Crippen molar-refractivity contribution in [3.05, 3.63) is 0 Å². The summed E-state index contributed by atoms with van der Waals surface area (Å²) in [4.78, 5) is 51.9. The van der Waals surface area contributed by atoms with Crippen LogP contribution in [0.1, 0.15) is 12.8 Å². The maximum absolute atomic E-state index is 11.0. The smallest absolute Gasteiger partial charge is 0.290 e. The highest BCUT2D eigenvalue weighted by Crippen LogP contribution is 1.79. The molecule has 0 saturated carbocycles. The summed E-state index contributed by atoms with van der Waals surface area (Å²) in [5.74, 6) is -2.16. The molecule has 0 radical (unpaired) electrons. The van der Waals surface area contributed by atoms with E-state index in [1.165, 1.54) is 0 Å². The summed E-state index contributed by atoms with van der Waals surface area (Å²) in [7, 11) is 0. The molecule has 8 heteroatoms. The number of imide groups is 1. The Balaban J connectivity index is 3.37. The van der Waals surface area contributed by atoms with E-state index in [1.54, 1.807) is 0 Å². The molecule has 3 amide bonds. The van der Waals surface area contributed by atoms with Gasteiger partial charge in [0.2, 0.25) is 18.5 Å². The van der Waals surface area contributed by atoms with Crippen molar-refractivity contribution in [1.29, 1.82) is 0 Å². The predicted molar refractivity (Wildman–Crippen MR) is 60.4 cm³/mol. The van der Waals surface area contributed by atoms with Crippen LogP contribution in [-0.2, 0) is 24.0 Å². The van der Waals surface area contributed by atoms with Crippen molar-refractivity contribution in [3.8, 4) is 0 Å². The third-order valence-corrected chi connectivity index (χ3v) is 1.84. The van der Waals surface area contributed by atoms with Crippen LogP contribution < -0.4 is 16.0 Å². The Morgan fingerprint density at radius 1 is 0.889 bits per heavy atom. The van der Waals surface area contributed by atoms with Gasteiger partial charge in [0.1, 0.15) is 0 Å². The van der Waals surface area contributed by atoms with Crippen LogP contribution in [0.4, 0.5) is 0 Å². The molecule has 8 nitrogen and oxygen atoms in total. The van der Waals surface area contributed by atoms with E-state index in [4.69, 9.17) is 0 Å². The molecule has 0 aromatic carbocycles. The summed E-state index contributed by atoms with van der Waals surface area (Å²) in [5, 5.41) is 7.13. The molecule has 0 rings (SSSR count). The summed E-state index contributed by atoms with van der Waals surface area (Å²) < 4.78 is 0. The molecule has 18 heavy (non-hydrogen) atoms. The van der Waals surface area contributed by atoms with E-state index < -0.39 is 17.7 Å². The van der Waals surface area contributed by atoms with Gasteiger partial charge in [-0.3, -0.25) is 29.3 Å². The lowest BCUT2D eigenvalue weighted by Gasteiger charge is -2.04. The van der Waals surface area contributed by atoms with Crippen LogP contribution in [0.2, 0.25) is 0 Å². The molecule has 0 aromatic heterocycles. The Labute approximate surface area is 103 Å². The number of aldehydes is 2. The van der Waals surface area contributed by atoms with Gasteiger partial charge in [0.25, 0.3) is 11.8 Å². The average Bonchev–Trinajstić information content (AvgIpc) is 2.36. The van der Waals surface area contributed by atoms with E-state index in [1.807, 2.05) is 5.32 Å². The fraction of sp³-hybridized carbons (Fsp3) is 0.500. The van der Waals surface area contributed by atoms with Crippen molar-refractivity contribution >= 4 is 30.3 Å². The van der Waals surface area contributed by atoms with Gasteiger partial charge in [0.15, 0.2) is 0 Å². The van der Waals surface area contributed by atoms with Gasteiger partial charge in [0.05, 0.1) is 0 Å². The molecule has 0 aliphatic rings. The number of rotatable bonds is 9. The number of carbonyl (C=O) groups excluding carboxylic acids is 5. The molecular formula is C10H15N3O5. The topological polar surface area (TPSA) is 121 Å². The minimum Gasteiger partial charge on any atom is -0.350 e. The van der Waals surface area contributed by atoms with Crippen LogP contribution in [0.5, 0.6) is 0 Å². The Morgan fingerprint density at radius 3 is 2.17 bits per heavy atom. The number of nitrogens with one attached hydrogen (secondary N) is 3. The molecule has 0 unspecified atom stereocenters. The lowest BCUT2D eigenvalue weighted by molar-refractivity contribution is -0.136. The summed E-state index contributed by atoms with van der Waals surface area (Å²) in [6, 6.07) is 0. The van der Waals surface area contributed by atoms with E-state index in [2.05, 4.69) is 10.6 Å². The summed E-state index contributed by atoms with van der Waals surface area (Å²) >= 11 is 0. The van der Waals surface area contributed by atoms with Gasteiger partial charge in [-0.1, -0.05) is 0 Å². The van der Waals surface area contributed by atoms with Crippen molar-refractivity contribution in [3.63, 3.8) is 0 Å². The second kappa shape index (κ2) is 10.1. The molecular weight excluding hydrogens is 242 g/mol. The van der Waals surface area contributed by atoms with Gasteiger partial charge in [0, 0.05) is 19.5 Å². The highest BCUT2D eigenvalue weighted by atomic mass is 16.2. The first-order chi connectivity index (χ1) is 8.60. The molecule has 0 saturated heterocycles. The van der Waals surface area contributed by atoms with Crippen LogP contribution in [0.15, 0.2) is 0 Å². The third kappa shape index (κ3) is 9.16. The average molecular weight is 257 g/mol. The summed E-state index contributed by atoms with van der Waals surface area (Å²) in [6.45, 7) is 1.26. The largest absolute Gasteiger partial charge is 0.350 e. The van der Waals surface area contributed by atoms with Crippen LogP contribution >= 0.6 is 0 Å². The van der Waals surface area contributed by atoms with Gasteiger partial charge in [-0.25, -0.2) is 0 Å². The van der Waals surface area contributed by atoms with Gasteiger partial charge in [-0.05, 0) is 13.0 Å². The van der Waals surface area contributed by atoms with Crippen molar-refractivity contribution in [2.75, 3.05) is 19.6 Å². The Morgan fingerprint density at radius 2 is 1.56 bits per heavy atom. The first-order valence-corrected chi connectivity index (χ1v) is 5.33. The van der Waals surface area contributed by atoms with E-state index in [0.29, 0.717) is 26.1 Å². The van der Waals surface area contributed by atoms with Crippen LogP contribution in [-0.4, -0.2) is 49.9 Å². The standard InChI is InChI=1S/C10H15N3O5/c14-6-9(17)12-4-1-3-11-5-2-8(16)13-10(18)7-15/h6-7,11H,1-5H2,(H,12,17)(H,13,16,18). The molecule has 0 bridgehead atoms. The third-order valence-electron chi connectivity index (χ3n) is 1.84. The Bertz CT molecular complexity index is 329. The van der Waals surface area contributed by atoms with E-state index in [0.717, 1.165) is 0 Å². The first kappa shape index (κ1) is 15.9. The summed E-state index contributed by atoms with van der Waals surface area (Å²) in [6.07, 6.45) is 0.900. The highest BCUT2D eigenvalue weighted by molar-refractivity contribution is 6.27. The van der Waals surface area contributed by atoms with Gasteiger partial charge in [-0.2, -0.15) is 0 Å². The van der Waals surface area contributed by atoms with Crippen molar-refractivity contribution in [2.24, 2.45) is 0 Å². The maximum Gasteiger partial charge on any atom is 0.290 e. The highest BCUT2D eigenvalue weighted by Gasteiger charge is 2.05. The zero-order chi connectivity index (χ0) is 13.8. The number of hydrogen-bond donors (Lipinski definition) is 3. The zero-order valence-electron chi connectivity index (χ0n) is 9.73. The minimum absolute atomic E-state index is 0.0288.